The van der Waals surface area contributed by atoms with Crippen molar-refractivity contribution >= 4 is 12.0 Å². The molecule has 3 aromatic carbocycles. The summed E-state index contributed by atoms with van der Waals surface area (Å²) in [5.74, 6) is -0.617. The first-order valence-electron chi connectivity index (χ1n) is 9.45. The van der Waals surface area contributed by atoms with Crippen LogP contribution in [0.1, 0.15) is 16.7 Å². The third-order valence-corrected chi connectivity index (χ3v) is 4.29. The number of halogens is 4. The number of benzene rings is 3. The highest BCUT2D eigenvalue weighted by molar-refractivity contribution is 5.70. The average Bonchev–Trinajstić information content (AvgIpc) is 2.73. The Bertz CT molecular complexity index is 1110. The van der Waals surface area contributed by atoms with Crippen LogP contribution in [0.15, 0.2) is 72.8 Å². The standard InChI is InChI=1S/C24H18F4O4/c25-22-11-10-21(13-17(22)14-23(29)30)32-20-5-1-4-19(15-20)31-12-2-3-16-6-8-18(9-7-16)24(26,27)28/h1-11,13,15H,12,14H2,(H,29,30). The van der Waals surface area contributed by atoms with Gasteiger partial charge in [0.15, 0.2) is 0 Å². The Balaban J connectivity index is 1.58. The predicted molar refractivity (Wildman–Crippen MR) is 110 cm³/mol. The highest BCUT2D eigenvalue weighted by atomic mass is 19.4. The largest absolute Gasteiger partial charge is 0.489 e. The second-order valence-electron chi connectivity index (χ2n) is 6.73. The number of rotatable bonds is 8. The van der Waals surface area contributed by atoms with E-state index in [9.17, 15) is 22.4 Å². The number of carboxylic acid groups (broad SMARTS) is 1. The number of hydrogen-bond donors (Lipinski definition) is 1. The fraction of sp³-hybridized carbons (Fsp3) is 0.125. The van der Waals surface area contributed by atoms with Crippen LogP contribution in [0.5, 0.6) is 17.2 Å². The molecule has 32 heavy (non-hydrogen) atoms. The lowest BCUT2D eigenvalue weighted by Crippen LogP contribution is -2.03. The number of carbonyl (C=O) groups is 1. The normalized spacial score (nSPS) is 11.5. The maximum atomic E-state index is 13.7. The molecule has 0 saturated heterocycles. The van der Waals surface area contributed by atoms with Crippen molar-refractivity contribution < 1.29 is 36.9 Å². The van der Waals surface area contributed by atoms with Crippen LogP contribution in [-0.2, 0) is 17.4 Å². The molecule has 8 heteroatoms. The first-order valence-corrected chi connectivity index (χ1v) is 9.45. The molecule has 166 valence electrons. The molecule has 0 aliphatic carbocycles. The number of carboxylic acids is 1. The molecule has 0 bridgehead atoms. The highest BCUT2D eigenvalue weighted by Gasteiger charge is 2.29. The number of hydrogen-bond acceptors (Lipinski definition) is 3. The van der Waals surface area contributed by atoms with Crippen molar-refractivity contribution in [3.05, 3.63) is 95.3 Å². The van der Waals surface area contributed by atoms with Crippen LogP contribution >= 0.6 is 0 Å². The summed E-state index contributed by atoms with van der Waals surface area (Å²) in [5.41, 5.74) is -0.0954. The Kier molecular flexibility index (Phi) is 7.14. The van der Waals surface area contributed by atoms with Gasteiger partial charge in [0.25, 0.3) is 0 Å². The minimum absolute atomic E-state index is 0.0100. The predicted octanol–water partition coefficient (Wildman–Crippen LogP) is 6.36. The van der Waals surface area contributed by atoms with Crippen LogP contribution < -0.4 is 9.47 Å². The van der Waals surface area contributed by atoms with Crippen LogP contribution in [-0.4, -0.2) is 17.7 Å². The van der Waals surface area contributed by atoms with Crippen molar-refractivity contribution in [3.8, 4) is 17.2 Å². The van der Waals surface area contributed by atoms with E-state index in [1.165, 1.54) is 24.3 Å². The van der Waals surface area contributed by atoms with Gasteiger partial charge in [0.05, 0.1) is 12.0 Å². The van der Waals surface area contributed by atoms with E-state index in [2.05, 4.69) is 0 Å². The molecular formula is C24H18F4O4. The van der Waals surface area contributed by atoms with Gasteiger partial charge in [0, 0.05) is 11.6 Å². The quantitative estimate of drug-likeness (QED) is 0.410. The summed E-state index contributed by atoms with van der Waals surface area (Å²) in [7, 11) is 0. The third kappa shape index (κ3) is 6.60. The molecule has 0 unspecified atom stereocenters. The van der Waals surface area contributed by atoms with Crippen molar-refractivity contribution in [3.63, 3.8) is 0 Å². The van der Waals surface area contributed by atoms with Gasteiger partial charge in [0.2, 0.25) is 0 Å². The van der Waals surface area contributed by atoms with Crippen LogP contribution in [0, 0.1) is 5.82 Å². The summed E-state index contributed by atoms with van der Waals surface area (Å²) in [5, 5.41) is 8.85. The van der Waals surface area contributed by atoms with E-state index < -0.39 is 29.9 Å². The molecule has 0 heterocycles. The monoisotopic (exact) mass is 446 g/mol. The van der Waals surface area contributed by atoms with Gasteiger partial charge in [-0.1, -0.05) is 24.3 Å². The fourth-order valence-electron chi connectivity index (χ4n) is 2.79. The molecule has 4 nitrogen and oxygen atoms in total. The summed E-state index contributed by atoms with van der Waals surface area (Å²) in [6, 6.07) is 15.3. The molecule has 0 radical (unpaired) electrons. The van der Waals surface area contributed by atoms with Gasteiger partial charge in [-0.3, -0.25) is 4.79 Å². The summed E-state index contributed by atoms with van der Waals surface area (Å²) in [4.78, 5) is 10.8. The molecule has 1 N–H and O–H groups in total. The van der Waals surface area contributed by atoms with Crippen LogP contribution in [0.2, 0.25) is 0 Å². The van der Waals surface area contributed by atoms with Crippen molar-refractivity contribution in [1.82, 2.24) is 0 Å². The fourth-order valence-corrected chi connectivity index (χ4v) is 2.79. The molecule has 0 fully saturated rings. The minimum atomic E-state index is -4.37. The molecule has 3 rings (SSSR count). The number of aliphatic carboxylic acids is 1. The van der Waals surface area contributed by atoms with Gasteiger partial charge in [-0.25, -0.2) is 4.39 Å². The minimum Gasteiger partial charge on any atom is -0.489 e. The Hall–Kier alpha value is -3.81. The van der Waals surface area contributed by atoms with E-state index >= 15 is 0 Å². The zero-order valence-corrected chi connectivity index (χ0v) is 16.6. The number of alkyl halides is 3. The van der Waals surface area contributed by atoms with Gasteiger partial charge in [-0.2, -0.15) is 13.2 Å². The van der Waals surface area contributed by atoms with Crippen molar-refractivity contribution in [2.45, 2.75) is 12.6 Å². The Morgan fingerprint density at radius 3 is 2.31 bits per heavy atom. The Labute approximate surface area is 181 Å². The maximum absolute atomic E-state index is 13.7. The Morgan fingerprint density at radius 1 is 0.938 bits per heavy atom. The molecule has 0 aromatic heterocycles. The summed E-state index contributed by atoms with van der Waals surface area (Å²) < 4.78 is 62.7. The molecule has 3 aromatic rings. The first kappa shape index (κ1) is 22.9. The van der Waals surface area contributed by atoms with Crippen LogP contribution in [0.25, 0.3) is 6.08 Å². The van der Waals surface area contributed by atoms with E-state index in [1.54, 1.807) is 36.4 Å². The average molecular weight is 446 g/mol. The Morgan fingerprint density at radius 2 is 1.62 bits per heavy atom. The molecule has 0 aliphatic rings. The van der Waals surface area contributed by atoms with E-state index in [4.69, 9.17) is 14.6 Å². The first-order chi connectivity index (χ1) is 15.2. The van der Waals surface area contributed by atoms with Gasteiger partial charge >= 0.3 is 12.1 Å². The second kappa shape index (κ2) is 10.00. The zero-order chi connectivity index (χ0) is 23.1. The summed E-state index contributed by atoms with van der Waals surface area (Å²) >= 11 is 0. The van der Waals surface area contributed by atoms with Gasteiger partial charge in [-0.15, -0.1) is 0 Å². The molecule has 0 atom stereocenters. The van der Waals surface area contributed by atoms with Gasteiger partial charge < -0.3 is 14.6 Å². The van der Waals surface area contributed by atoms with Crippen molar-refractivity contribution in [2.24, 2.45) is 0 Å². The van der Waals surface area contributed by atoms with Crippen molar-refractivity contribution in [1.29, 1.82) is 0 Å². The van der Waals surface area contributed by atoms with Gasteiger partial charge in [0.1, 0.15) is 29.7 Å². The molecule has 0 spiro atoms. The van der Waals surface area contributed by atoms with E-state index in [1.807, 2.05) is 0 Å². The SMILES string of the molecule is O=C(O)Cc1cc(Oc2cccc(OCC=Cc3ccc(C(F)(F)F)cc3)c2)ccc1F. The summed E-state index contributed by atoms with van der Waals surface area (Å²) in [6.07, 6.45) is -1.53. The topological polar surface area (TPSA) is 55.8 Å². The molecular weight excluding hydrogens is 428 g/mol. The zero-order valence-electron chi connectivity index (χ0n) is 16.6. The van der Waals surface area contributed by atoms with E-state index in [-0.39, 0.29) is 17.9 Å². The molecule has 0 saturated carbocycles. The molecule has 0 aliphatic heterocycles. The maximum Gasteiger partial charge on any atom is 0.416 e. The molecule has 0 amide bonds. The summed E-state index contributed by atoms with van der Waals surface area (Å²) in [6.45, 7) is 0.170. The van der Waals surface area contributed by atoms with Crippen LogP contribution in [0.4, 0.5) is 17.6 Å². The second-order valence-corrected chi connectivity index (χ2v) is 6.73. The highest BCUT2D eigenvalue weighted by Crippen LogP contribution is 2.29. The number of ether oxygens (including phenoxy) is 2. The van der Waals surface area contributed by atoms with Crippen LogP contribution in [0.3, 0.4) is 0 Å². The third-order valence-electron chi connectivity index (χ3n) is 4.29. The lowest BCUT2D eigenvalue weighted by molar-refractivity contribution is -0.138. The van der Waals surface area contributed by atoms with E-state index in [0.29, 0.717) is 17.1 Å². The van der Waals surface area contributed by atoms with E-state index in [0.717, 1.165) is 18.2 Å². The smallest absolute Gasteiger partial charge is 0.416 e. The lowest BCUT2D eigenvalue weighted by Gasteiger charge is -2.10. The van der Waals surface area contributed by atoms with Crippen molar-refractivity contribution in [2.75, 3.05) is 6.61 Å². The lowest BCUT2D eigenvalue weighted by atomic mass is 10.1. The van der Waals surface area contributed by atoms with Gasteiger partial charge in [-0.05, 0) is 54.1 Å².